The summed E-state index contributed by atoms with van der Waals surface area (Å²) in [6, 6.07) is 0. The van der Waals surface area contributed by atoms with Gasteiger partial charge in [0.15, 0.2) is 0 Å². The lowest BCUT2D eigenvalue weighted by atomic mass is 10.3. The molecule has 2 heterocycles. The Labute approximate surface area is 123 Å². The summed E-state index contributed by atoms with van der Waals surface area (Å²) in [7, 11) is -1.30. The van der Waals surface area contributed by atoms with Crippen LogP contribution in [0.5, 0.6) is 0 Å². The molecule has 0 aromatic rings. The van der Waals surface area contributed by atoms with Crippen LogP contribution in [-0.4, -0.2) is 84.9 Å². The highest BCUT2D eigenvalue weighted by molar-refractivity contribution is 7.39. The van der Waals surface area contributed by atoms with E-state index in [-0.39, 0.29) is 6.61 Å². The molecule has 6 nitrogen and oxygen atoms in total. The lowest BCUT2D eigenvalue weighted by molar-refractivity contribution is 0.218. The second kappa shape index (κ2) is 9.03. The van der Waals surface area contributed by atoms with Crippen molar-refractivity contribution in [3.8, 4) is 0 Å². The minimum absolute atomic E-state index is 0.261. The largest absolute Gasteiger partial charge is 0.537 e. The summed E-state index contributed by atoms with van der Waals surface area (Å²) < 4.78 is 16.5. The number of fused-ring (bicyclic) bond motifs is 2. The summed E-state index contributed by atoms with van der Waals surface area (Å²) in [6.45, 7) is 9.03. The first-order valence-corrected chi connectivity index (χ1v) is 8.98. The molecule has 20 heavy (non-hydrogen) atoms. The van der Waals surface area contributed by atoms with E-state index in [1.165, 1.54) is 0 Å². The highest BCUT2D eigenvalue weighted by Crippen LogP contribution is 2.37. The molecule has 0 spiro atoms. The van der Waals surface area contributed by atoms with Crippen molar-refractivity contribution in [3.05, 3.63) is 0 Å². The van der Waals surface area contributed by atoms with Gasteiger partial charge in [0, 0.05) is 39.3 Å². The molecule has 0 radical (unpaired) electrons. The van der Waals surface area contributed by atoms with Crippen molar-refractivity contribution >= 4 is 8.10 Å². The molecule has 2 fully saturated rings. The number of rotatable bonds is 3. The van der Waals surface area contributed by atoms with Crippen LogP contribution < -0.4 is 5.32 Å². The van der Waals surface area contributed by atoms with Gasteiger partial charge < -0.3 is 15.3 Å². The van der Waals surface area contributed by atoms with E-state index in [9.17, 15) is 4.57 Å². The molecule has 116 valence electrons. The molecular formula is C13H28N4O2P+. The smallest absolute Gasteiger partial charge is 0.396 e. The first-order valence-electron chi connectivity index (χ1n) is 7.82. The fraction of sp³-hybridized carbons (Fsp3) is 1.00. The molecule has 2 saturated heterocycles. The molecule has 3 atom stereocenters. The van der Waals surface area contributed by atoms with Crippen molar-refractivity contribution in [2.24, 2.45) is 0 Å². The molecule has 2 rings (SSSR count). The van der Waals surface area contributed by atoms with Crippen molar-refractivity contribution in [2.75, 3.05) is 65.5 Å². The number of nitrogens with zero attached hydrogens (tertiary/aromatic N) is 3. The summed E-state index contributed by atoms with van der Waals surface area (Å²) in [4.78, 5) is 2.40. The summed E-state index contributed by atoms with van der Waals surface area (Å²) in [6.07, 6.45) is 2.96. The number of aliphatic hydroxyl groups is 1. The van der Waals surface area contributed by atoms with Gasteiger partial charge in [-0.2, -0.15) is 0 Å². The van der Waals surface area contributed by atoms with E-state index in [4.69, 9.17) is 5.11 Å². The molecular weight excluding hydrogens is 275 g/mol. The van der Waals surface area contributed by atoms with Gasteiger partial charge in [0.2, 0.25) is 0 Å². The molecule has 2 N–H and O–H groups in total. The summed E-state index contributed by atoms with van der Waals surface area (Å²) in [5, 5.41) is 12.4. The second-order valence-corrected chi connectivity index (χ2v) is 7.17. The zero-order valence-electron chi connectivity index (χ0n) is 12.3. The van der Waals surface area contributed by atoms with Gasteiger partial charge in [-0.1, -0.05) is 9.34 Å². The zero-order valence-corrected chi connectivity index (χ0v) is 13.2. The van der Waals surface area contributed by atoms with Crippen LogP contribution in [0.4, 0.5) is 0 Å². The van der Waals surface area contributed by atoms with E-state index < -0.39 is 8.10 Å². The molecule has 0 saturated carbocycles. The fourth-order valence-corrected chi connectivity index (χ4v) is 4.33. The van der Waals surface area contributed by atoms with E-state index in [1.54, 1.807) is 0 Å². The predicted molar refractivity (Wildman–Crippen MR) is 81.0 cm³/mol. The lowest BCUT2D eigenvalue weighted by Crippen LogP contribution is -2.35. The standard InChI is InChI=1S/C13H28N4O2P/c18-13-3-7-15-6-2-9-17-12-11-16(20(17)19)8-1-4-14-5-10-15/h14,18H,1-13H2/q+1. The normalized spacial score (nSPS) is 32.4. The molecule has 0 aromatic carbocycles. The maximum absolute atomic E-state index is 12.3. The molecule has 2 bridgehead atoms. The van der Waals surface area contributed by atoms with Gasteiger partial charge in [0.05, 0.1) is 13.1 Å². The van der Waals surface area contributed by atoms with Gasteiger partial charge in [0.25, 0.3) is 0 Å². The fourth-order valence-electron chi connectivity index (χ4n) is 2.83. The minimum atomic E-state index is -1.30. The maximum atomic E-state index is 12.3. The molecule has 0 amide bonds. The van der Waals surface area contributed by atoms with Crippen molar-refractivity contribution in [3.63, 3.8) is 0 Å². The molecule has 2 aliphatic heterocycles. The topological polar surface area (TPSA) is 59.1 Å². The van der Waals surface area contributed by atoms with E-state index in [0.29, 0.717) is 0 Å². The Hall–Kier alpha value is -0.100. The van der Waals surface area contributed by atoms with Gasteiger partial charge in [-0.15, -0.1) is 0 Å². The summed E-state index contributed by atoms with van der Waals surface area (Å²) in [5.41, 5.74) is 0. The summed E-state index contributed by atoms with van der Waals surface area (Å²) in [5.74, 6) is 0. The van der Waals surface area contributed by atoms with Crippen molar-refractivity contribution in [1.82, 2.24) is 19.6 Å². The van der Waals surface area contributed by atoms with Crippen LogP contribution in [0.1, 0.15) is 19.3 Å². The van der Waals surface area contributed by atoms with Crippen LogP contribution in [0.3, 0.4) is 0 Å². The van der Waals surface area contributed by atoms with Crippen LogP contribution in [0.25, 0.3) is 0 Å². The van der Waals surface area contributed by atoms with Crippen molar-refractivity contribution in [1.29, 1.82) is 0 Å². The van der Waals surface area contributed by atoms with E-state index in [0.717, 1.165) is 78.2 Å². The third-order valence-electron chi connectivity index (χ3n) is 4.00. The third-order valence-corrected chi connectivity index (χ3v) is 5.77. The molecule has 2 aliphatic rings. The Morgan fingerprint density at radius 1 is 0.950 bits per heavy atom. The van der Waals surface area contributed by atoms with Crippen molar-refractivity contribution in [2.45, 2.75) is 19.3 Å². The lowest BCUT2D eigenvalue weighted by Gasteiger charge is -2.22. The Kier molecular flexibility index (Phi) is 7.35. The van der Waals surface area contributed by atoms with Crippen molar-refractivity contribution < 1.29 is 9.67 Å². The zero-order chi connectivity index (χ0) is 14.2. The molecule has 7 heteroatoms. The second-order valence-electron chi connectivity index (χ2n) is 5.54. The Morgan fingerprint density at radius 2 is 1.70 bits per heavy atom. The summed E-state index contributed by atoms with van der Waals surface area (Å²) >= 11 is 0. The highest BCUT2D eigenvalue weighted by Gasteiger charge is 2.42. The molecule has 3 unspecified atom stereocenters. The Morgan fingerprint density at radius 3 is 2.45 bits per heavy atom. The first kappa shape index (κ1) is 16.3. The van der Waals surface area contributed by atoms with Crippen LogP contribution in [0.15, 0.2) is 0 Å². The maximum Gasteiger partial charge on any atom is 0.537 e. The van der Waals surface area contributed by atoms with E-state index in [1.807, 2.05) is 0 Å². The number of nitrogens with one attached hydrogen (secondary N) is 1. The number of hydrogen-bond acceptors (Lipinski definition) is 4. The quantitative estimate of drug-likeness (QED) is 0.733. The Bertz CT molecular complexity index is 306. The van der Waals surface area contributed by atoms with Gasteiger partial charge in [-0.3, -0.25) is 0 Å². The highest BCUT2D eigenvalue weighted by atomic mass is 31.1. The predicted octanol–water partition coefficient (Wildman–Crippen LogP) is 0.329. The minimum Gasteiger partial charge on any atom is -0.396 e. The van der Waals surface area contributed by atoms with Gasteiger partial charge in [0.1, 0.15) is 0 Å². The number of hydrogen-bond donors (Lipinski definition) is 2. The van der Waals surface area contributed by atoms with Crippen LogP contribution in [0, 0.1) is 0 Å². The van der Waals surface area contributed by atoms with Gasteiger partial charge in [-0.05, 0) is 36.9 Å². The van der Waals surface area contributed by atoms with Crippen LogP contribution in [0.2, 0.25) is 0 Å². The van der Waals surface area contributed by atoms with E-state index >= 15 is 0 Å². The monoisotopic (exact) mass is 303 g/mol. The van der Waals surface area contributed by atoms with Crippen LogP contribution in [-0.2, 0) is 4.57 Å². The number of aliphatic hydroxyl groups excluding tert-OH is 1. The average molecular weight is 303 g/mol. The van der Waals surface area contributed by atoms with E-state index in [2.05, 4.69) is 19.6 Å². The SMILES string of the molecule is O=[P+]1N2CCCNCCN(CCCO)CCCN1CC2. The molecule has 0 aliphatic carbocycles. The Balaban J connectivity index is 1.84. The average Bonchev–Trinajstić information content (AvgIpc) is 2.80. The van der Waals surface area contributed by atoms with Crippen LogP contribution >= 0.6 is 8.10 Å². The first-order chi connectivity index (χ1) is 9.81. The van der Waals surface area contributed by atoms with Gasteiger partial charge in [-0.25, -0.2) is 0 Å². The van der Waals surface area contributed by atoms with Gasteiger partial charge >= 0.3 is 8.10 Å². The third kappa shape index (κ3) is 5.02. The molecule has 0 aromatic heterocycles.